The van der Waals surface area contributed by atoms with Crippen LogP contribution in [0.5, 0.6) is 0 Å². The predicted octanol–water partition coefficient (Wildman–Crippen LogP) is -1.10. The van der Waals surface area contributed by atoms with Gasteiger partial charge in [-0.3, -0.25) is 0 Å². The molecule has 6 heteroatoms. The number of aliphatic hydroxyl groups is 4. The molecule has 0 aromatic carbocycles. The van der Waals surface area contributed by atoms with Gasteiger partial charge in [-0.2, -0.15) is 0 Å². The van der Waals surface area contributed by atoms with Crippen molar-refractivity contribution in [2.75, 3.05) is 39.6 Å². The van der Waals surface area contributed by atoms with E-state index in [1.165, 1.54) is 0 Å². The third kappa shape index (κ3) is 9.46. The van der Waals surface area contributed by atoms with Gasteiger partial charge in [0.1, 0.15) is 0 Å². The molecule has 0 radical (unpaired) electrons. The molecular weight excluding hydrogens is 228 g/mol. The fourth-order valence-corrected chi connectivity index (χ4v) is 1.44. The van der Waals surface area contributed by atoms with E-state index < -0.39 is 12.2 Å². The average Bonchev–Trinajstić information content (AvgIpc) is 2.34. The first-order valence-corrected chi connectivity index (χ1v) is 5.96. The average molecular weight is 252 g/mol. The second-order valence-corrected chi connectivity index (χ2v) is 3.69. The maximum Gasteiger partial charge on any atom is 0.0836 e. The van der Waals surface area contributed by atoms with Crippen LogP contribution >= 0.6 is 0 Å². The van der Waals surface area contributed by atoms with Crippen molar-refractivity contribution in [1.29, 1.82) is 0 Å². The fraction of sp³-hybridized carbons (Fsp3) is 1.00. The van der Waals surface area contributed by atoms with Gasteiger partial charge in [0, 0.05) is 13.2 Å². The van der Waals surface area contributed by atoms with Gasteiger partial charge in [-0.15, -0.1) is 0 Å². The molecule has 17 heavy (non-hydrogen) atoms. The van der Waals surface area contributed by atoms with E-state index in [-0.39, 0.29) is 33.0 Å². The molecule has 0 saturated heterocycles. The largest absolute Gasteiger partial charge is 0.396 e. The summed E-state index contributed by atoms with van der Waals surface area (Å²) in [6, 6.07) is 0. The quantitative estimate of drug-likeness (QED) is 0.329. The molecule has 0 aliphatic rings. The minimum atomic E-state index is -0.688. The second-order valence-electron chi connectivity index (χ2n) is 3.69. The van der Waals surface area contributed by atoms with Crippen molar-refractivity contribution in [3.05, 3.63) is 0 Å². The van der Waals surface area contributed by atoms with Crippen LogP contribution in [0.2, 0.25) is 0 Å². The Kier molecular flexibility index (Phi) is 12.1. The zero-order valence-corrected chi connectivity index (χ0v) is 10.1. The topological polar surface area (TPSA) is 99.4 Å². The Labute approximate surface area is 102 Å². The predicted molar refractivity (Wildman–Crippen MR) is 61.7 cm³/mol. The Bertz CT molecular complexity index is 147. The Morgan fingerprint density at radius 2 is 1.53 bits per heavy atom. The van der Waals surface area contributed by atoms with Gasteiger partial charge in [0.2, 0.25) is 0 Å². The van der Waals surface area contributed by atoms with Crippen LogP contribution in [0.1, 0.15) is 19.3 Å². The van der Waals surface area contributed by atoms with E-state index in [0.29, 0.717) is 25.9 Å². The van der Waals surface area contributed by atoms with Crippen molar-refractivity contribution < 1.29 is 29.9 Å². The molecule has 0 spiro atoms. The van der Waals surface area contributed by atoms with Crippen molar-refractivity contribution in [1.82, 2.24) is 0 Å². The van der Waals surface area contributed by atoms with E-state index in [1.54, 1.807) is 0 Å². The van der Waals surface area contributed by atoms with Gasteiger partial charge >= 0.3 is 0 Å². The number of hydrogen-bond acceptors (Lipinski definition) is 6. The molecular formula is C11H24O6. The summed E-state index contributed by atoms with van der Waals surface area (Å²) >= 11 is 0. The fourth-order valence-electron chi connectivity index (χ4n) is 1.44. The smallest absolute Gasteiger partial charge is 0.0836 e. The molecule has 0 aliphatic heterocycles. The lowest BCUT2D eigenvalue weighted by molar-refractivity contribution is -0.0641. The zero-order chi connectivity index (χ0) is 12.9. The van der Waals surface area contributed by atoms with E-state index in [0.717, 1.165) is 0 Å². The molecule has 6 nitrogen and oxygen atoms in total. The zero-order valence-electron chi connectivity index (χ0n) is 10.1. The first kappa shape index (κ1) is 16.8. The van der Waals surface area contributed by atoms with Crippen LogP contribution in [0.4, 0.5) is 0 Å². The highest BCUT2D eigenvalue weighted by Gasteiger charge is 2.19. The maximum atomic E-state index is 9.83. The molecule has 104 valence electrons. The molecule has 2 atom stereocenters. The van der Waals surface area contributed by atoms with Crippen LogP contribution in [-0.4, -0.2) is 72.3 Å². The maximum absolute atomic E-state index is 9.83. The highest BCUT2D eigenvalue weighted by atomic mass is 16.5. The van der Waals surface area contributed by atoms with E-state index in [2.05, 4.69) is 0 Å². The Morgan fingerprint density at radius 3 is 2.12 bits per heavy atom. The summed E-state index contributed by atoms with van der Waals surface area (Å²) < 4.78 is 10.3. The minimum absolute atomic E-state index is 0.0367. The summed E-state index contributed by atoms with van der Waals surface area (Å²) in [6.45, 7) is 0.692. The molecule has 0 fully saturated rings. The molecule has 0 aromatic rings. The Balaban J connectivity index is 3.80. The molecule has 4 N–H and O–H groups in total. The van der Waals surface area contributed by atoms with Gasteiger partial charge in [0.25, 0.3) is 0 Å². The van der Waals surface area contributed by atoms with Gasteiger partial charge < -0.3 is 29.9 Å². The first-order chi connectivity index (χ1) is 8.26. The van der Waals surface area contributed by atoms with Crippen LogP contribution in [0.25, 0.3) is 0 Å². The number of ether oxygens (including phenoxy) is 2. The van der Waals surface area contributed by atoms with Gasteiger partial charge in [0.05, 0.1) is 38.6 Å². The summed E-state index contributed by atoms with van der Waals surface area (Å²) in [5.41, 5.74) is 0. The summed E-state index contributed by atoms with van der Waals surface area (Å²) in [4.78, 5) is 0. The molecule has 0 heterocycles. The minimum Gasteiger partial charge on any atom is -0.396 e. The van der Waals surface area contributed by atoms with E-state index in [9.17, 15) is 5.11 Å². The van der Waals surface area contributed by atoms with Crippen LogP contribution in [0, 0.1) is 0 Å². The highest BCUT2D eigenvalue weighted by Crippen LogP contribution is 2.10. The monoisotopic (exact) mass is 252 g/mol. The van der Waals surface area contributed by atoms with Crippen LogP contribution < -0.4 is 0 Å². The summed E-state index contributed by atoms with van der Waals surface area (Å²) in [5.74, 6) is 0. The summed E-state index contributed by atoms with van der Waals surface area (Å²) in [7, 11) is 0. The lowest BCUT2D eigenvalue weighted by Crippen LogP contribution is -2.31. The molecule has 0 amide bonds. The SMILES string of the molecule is OCCCC(OCCO)C(O)CCOCCO. The van der Waals surface area contributed by atoms with Crippen molar-refractivity contribution in [2.24, 2.45) is 0 Å². The lowest BCUT2D eigenvalue weighted by Gasteiger charge is -2.22. The molecule has 2 unspecified atom stereocenters. The number of rotatable bonds is 12. The van der Waals surface area contributed by atoms with Crippen molar-refractivity contribution in [2.45, 2.75) is 31.5 Å². The summed E-state index contributed by atoms with van der Waals surface area (Å²) in [5, 5.41) is 35.7. The molecule has 0 aliphatic carbocycles. The molecule has 0 saturated carbocycles. The van der Waals surface area contributed by atoms with Crippen molar-refractivity contribution in [3.63, 3.8) is 0 Å². The third-order valence-corrected chi connectivity index (χ3v) is 2.29. The summed E-state index contributed by atoms with van der Waals surface area (Å²) in [6.07, 6.45) is 0.405. The van der Waals surface area contributed by atoms with Crippen LogP contribution in [-0.2, 0) is 9.47 Å². The standard InChI is InChI=1S/C11H24O6/c12-4-1-2-11(17-9-6-14)10(15)3-7-16-8-5-13/h10-15H,1-9H2. The Morgan fingerprint density at radius 1 is 0.824 bits per heavy atom. The van der Waals surface area contributed by atoms with Crippen LogP contribution in [0.3, 0.4) is 0 Å². The van der Waals surface area contributed by atoms with Gasteiger partial charge in [-0.25, -0.2) is 0 Å². The van der Waals surface area contributed by atoms with Crippen LogP contribution in [0.15, 0.2) is 0 Å². The molecule has 0 bridgehead atoms. The van der Waals surface area contributed by atoms with Gasteiger partial charge in [0.15, 0.2) is 0 Å². The first-order valence-electron chi connectivity index (χ1n) is 5.96. The van der Waals surface area contributed by atoms with E-state index in [1.807, 2.05) is 0 Å². The Hall–Kier alpha value is -0.240. The van der Waals surface area contributed by atoms with Crippen molar-refractivity contribution in [3.8, 4) is 0 Å². The second kappa shape index (κ2) is 12.2. The molecule has 0 rings (SSSR count). The normalized spacial score (nSPS) is 14.8. The number of aliphatic hydroxyl groups excluding tert-OH is 4. The lowest BCUT2D eigenvalue weighted by atomic mass is 10.1. The third-order valence-electron chi connectivity index (χ3n) is 2.29. The van der Waals surface area contributed by atoms with Gasteiger partial charge in [-0.05, 0) is 19.3 Å². The van der Waals surface area contributed by atoms with Gasteiger partial charge in [-0.1, -0.05) is 0 Å². The highest BCUT2D eigenvalue weighted by molar-refractivity contribution is 4.69. The number of hydrogen-bond donors (Lipinski definition) is 4. The molecule has 0 aromatic heterocycles. The van der Waals surface area contributed by atoms with E-state index >= 15 is 0 Å². The van der Waals surface area contributed by atoms with E-state index in [4.69, 9.17) is 24.8 Å². The van der Waals surface area contributed by atoms with Crippen molar-refractivity contribution >= 4 is 0 Å².